The molecular weight excluding hydrogens is 427 g/mol. The van der Waals surface area contributed by atoms with Crippen LogP contribution in [0.5, 0.6) is 5.88 Å². The molecule has 0 aliphatic carbocycles. The summed E-state index contributed by atoms with van der Waals surface area (Å²) in [5.41, 5.74) is 2.30. The molecule has 5 heterocycles. The van der Waals surface area contributed by atoms with Crippen molar-refractivity contribution in [2.75, 3.05) is 31.7 Å². The van der Waals surface area contributed by atoms with Crippen molar-refractivity contribution in [3.05, 3.63) is 36.5 Å². The maximum absolute atomic E-state index is 15.1. The van der Waals surface area contributed by atoms with E-state index in [1.54, 1.807) is 30.1 Å². The molecule has 9 nitrogen and oxygen atoms in total. The smallest absolute Gasteiger partial charge is 0.410 e. The van der Waals surface area contributed by atoms with Gasteiger partial charge in [0.05, 0.1) is 43.9 Å². The Labute approximate surface area is 191 Å². The average molecular weight is 455 g/mol. The highest BCUT2D eigenvalue weighted by Gasteiger charge is 2.44. The van der Waals surface area contributed by atoms with E-state index < -0.39 is 5.82 Å². The van der Waals surface area contributed by atoms with E-state index >= 15 is 4.39 Å². The van der Waals surface area contributed by atoms with Crippen LogP contribution in [0, 0.1) is 11.7 Å². The quantitative estimate of drug-likeness (QED) is 0.584. The number of rotatable bonds is 5. The topological polar surface area (TPSA) is 85.1 Å². The molecule has 2 saturated heterocycles. The van der Waals surface area contributed by atoms with Crippen molar-refractivity contribution in [1.29, 1.82) is 0 Å². The number of nitrogens with zero attached hydrogens (tertiary/aromatic N) is 6. The van der Waals surface area contributed by atoms with E-state index in [0.717, 1.165) is 18.4 Å². The lowest BCUT2D eigenvalue weighted by Crippen LogP contribution is -2.56. The van der Waals surface area contributed by atoms with Gasteiger partial charge in [-0.2, -0.15) is 5.10 Å². The van der Waals surface area contributed by atoms with Crippen molar-refractivity contribution in [3.63, 3.8) is 0 Å². The van der Waals surface area contributed by atoms with Crippen LogP contribution in [0.3, 0.4) is 0 Å². The number of piperazine rings is 1. The summed E-state index contributed by atoms with van der Waals surface area (Å²) in [6.45, 7) is 5.47. The normalized spacial score (nSPS) is 20.0. The van der Waals surface area contributed by atoms with Gasteiger partial charge >= 0.3 is 6.09 Å². The van der Waals surface area contributed by atoms with Crippen LogP contribution >= 0.6 is 0 Å². The first-order chi connectivity index (χ1) is 15.9. The largest absolute Gasteiger partial charge is 0.481 e. The molecule has 3 aromatic heterocycles. The molecule has 2 atom stereocenters. The third-order valence-electron chi connectivity index (χ3n) is 6.21. The fraction of sp³-hybridized carbons (Fsp3) is 0.478. The molecule has 3 aromatic rings. The molecule has 0 aromatic carbocycles. The Bertz CT molecular complexity index is 1170. The molecule has 1 amide bonds. The molecule has 10 heteroatoms. The zero-order chi connectivity index (χ0) is 23.1. The third-order valence-corrected chi connectivity index (χ3v) is 6.21. The standard InChI is InChI=1S/C23H27FN6O3/c1-14(2)13-33-23(31)30-16-4-5-17(30)11-28(10-16)21-18(24)9-26-29-12-19(27-22(21)29)15-6-7-25-20(8-15)32-3/h6-9,12,14,16-17H,4-5,10-11,13H2,1-3H3. The second-order valence-corrected chi connectivity index (χ2v) is 8.99. The Balaban J connectivity index is 1.44. The number of pyridine rings is 1. The number of ether oxygens (including phenoxy) is 2. The first kappa shape index (κ1) is 21.4. The second-order valence-electron chi connectivity index (χ2n) is 8.99. The van der Waals surface area contributed by atoms with Gasteiger partial charge in [-0.25, -0.2) is 23.7 Å². The maximum Gasteiger partial charge on any atom is 0.410 e. The van der Waals surface area contributed by atoms with E-state index in [0.29, 0.717) is 42.6 Å². The van der Waals surface area contributed by atoms with Crippen LogP contribution in [0.25, 0.3) is 16.9 Å². The van der Waals surface area contributed by atoms with Crippen molar-refractivity contribution < 1.29 is 18.7 Å². The van der Waals surface area contributed by atoms with E-state index in [2.05, 4.69) is 10.1 Å². The predicted molar refractivity (Wildman–Crippen MR) is 120 cm³/mol. The van der Waals surface area contributed by atoms with Crippen LogP contribution in [0.1, 0.15) is 26.7 Å². The minimum atomic E-state index is -0.429. The number of methoxy groups -OCH3 is 1. The molecule has 0 saturated carbocycles. The van der Waals surface area contributed by atoms with E-state index in [1.807, 2.05) is 29.7 Å². The Morgan fingerprint density at radius 2 is 2.03 bits per heavy atom. The number of hydrogen-bond acceptors (Lipinski definition) is 7. The number of amides is 1. The molecular formula is C23H27FN6O3. The van der Waals surface area contributed by atoms with Crippen molar-refractivity contribution in [2.45, 2.75) is 38.8 Å². The number of carbonyl (C=O) groups is 1. The minimum absolute atomic E-state index is 0.0186. The van der Waals surface area contributed by atoms with Gasteiger partial charge in [0.15, 0.2) is 11.5 Å². The van der Waals surface area contributed by atoms with Crippen molar-refractivity contribution in [1.82, 2.24) is 24.5 Å². The highest BCUT2D eigenvalue weighted by Crippen LogP contribution is 2.36. The van der Waals surface area contributed by atoms with E-state index in [9.17, 15) is 4.79 Å². The molecule has 174 valence electrons. The summed E-state index contributed by atoms with van der Waals surface area (Å²) < 4.78 is 27.4. The third kappa shape index (κ3) is 3.94. The monoisotopic (exact) mass is 454 g/mol. The lowest BCUT2D eigenvalue weighted by Gasteiger charge is -2.41. The number of imidazole rings is 1. The summed E-state index contributed by atoms with van der Waals surface area (Å²) in [6, 6.07) is 3.56. The van der Waals surface area contributed by atoms with Crippen LogP contribution in [0.2, 0.25) is 0 Å². The van der Waals surface area contributed by atoms with Gasteiger partial charge in [0.25, 0.3) is 0 Å². The molecule has 2 bridgehead atoms. The van der Waals surface area contributed by atoms with Gasteiger partial charge in [-0.1, -0.05) is 13.8 Å². The van der Waals surface area contributed by atoms with Crippen molar-refractivity contribution in [2.24, 2.45) is 5.92 Å². The van der Waals surface area contributed by atoms with Crippen LogP contribution in [-0.2, 0) is 4.74 Å². The summed E-state index contributed by atoms with van der Waals surface area (Å²) in [5.74, 6) is 0.324. The molecule has 33 heavy (non-hydrogen) atoms. The summed E-state index contributed by atoms with van der Waals surface area (Å²) in [5, 5.41) is 4.18. The number of aromatic nitrogens is 4. The maximum atomic E-state index is 15.1. The number of anilines is 1. The van der Waals surface area contributed by atoms with Gasteiger partial charge in [-0.05, 0) is 24.8 Å². The van der Waals surface area contributed by atoms with Gasteiger partial charge in [0.2, 0.25) is 5.88 Å². The highest BCUT2D eigenvalue weighted by molar-refractivity contribution is 5.75. The second kappa shape index (κ2) is 8.49. The number of hydrogen-bond donors (Lipinski definition) is 0. The Kier molecular flexibility index (Phi) is 5.51. The van der Waals surface area contributed by atoms with Gasteiger partial charge in [0.1, 0.15) is 5.69 Å². The summed E-state index contributed by atoms with van der Waals surface area (Å²) in [6.07, 6.45) is 6.09. The molecule has 2 unspecified atom stereocenters. The van der Waals surface area contributed by atoms with Crippen LogP contribution in [0.15, 0.2) is 30.7 Å². The zero-order valence-electron chi connectivity index (χ0n) is 18.9. The number of fused-ring (bicyclic) bond motifs is 3. The summed E-state index contributed by atoms with van der Waals surface area (Å²) in [4.78, 5) is 25.3. The lowest BCUT2D eigenvalue weighted by atomic mass is 10.2. The number of carbonyl (C=O) groups excluding carboxylic acids is 1. The van der Waals surface area contributed by atoms with Gasteiger partial charge in [-0.3, -0.25) is 4.90 Å². The fourth-order valence-corrected chi connectivity index (χ4v) is 4.71. The molecule has 0 spiro atoms. The van der Waals surface area contributed by atoms with E-state index in [1.165, 1.54) is 6.20 Å². The molecule has 0 N–H and O–H groups in total. The number of halogens is 1. The van der Waals surface area contributed by atoms with Crippen LogP contribution in [0.4, 0.5) is 14.9 Å². The first-order valence-corrected chi connectivity index (χ1v) is 11.2. The van der Waals surface area contributed by atoms with Gasteiger partial charge in [0, 0.05) is 30.9 Å². The summed E-state index contributed by atoms with van der Waals surface area (Å²) in [7, 11) is 1.55. The van der Waals surface area contributed by atoms with Crippen molar-refractivity contribution in [3.8, 4) is 17.1 Å². The van der Waals surface area contributed by atoms with Gasteiger partial charge < -0.3 is 14.4 Å². The van der Waals surface area contributed by atoms with Gasteiger partial charge in [-0.15, -0.1) is 0 Å². The SMILES string of the molecule is COc1cc(-c2cn3ncc(F)c(N4CC5CCC(C4)N5C(=O)OCC(C)C)c3n2)ccn1. The van der Waals surface area contributed by atoms with Crippen molar-refractivity contribution >= 4 is 17.4 Å². The van der Waals surface area contributed by atoms with Crippen LogP contribution < -0.4 is 9.64 Å². The molecule has 2 fully saturated rings. The highest BCUT2D eigenvalue weighted by atomic mass is 19.1. The Hall–Kier alpha value is -3.43. The molecule has 2 aliphatic heterocycles. The fourth-order valence-electron chi connectivity index (χ4n) is 4.71. The predicted octanol–water partition coefficient (Wildman–Crippen LogP) is 3.38. The summed E-state index contributed by atoms with van der Waals surface area (Å²) >= 11 is 0. The minimum Gasteiger partial charge on any atom is -0.481 e. The van der Waals surface area contributed by atoms with E-state index in [-0.39, 0.29) is 24.1 Å². The first-order valence-electron chi connectivity index (χ1n) is 11.2. The molecule has 5 rings (SSSR count). The average Bonchev–Trinajstić information content (AvgIpc) is 3.35. The molecule has 0 radical (unpaired) electrons. The Morgan fingerprint density at radius 3 is 2.73 bits per heavy atom. The zero-order valence-corrected chi connectivity index (χ0v) is 18.9. The Morgan fingerprint density at radius 1 is 1.27 bits per heavy atom. The van der Waals surface area contributed by atoms with Crippen LogP contribution in [-0.4, -0.2) is 69.5 Å². The lowest BCUT2D eigenvalue weighted by molar-refractivity contribution is 0.0704. The van der Waals surface area contributed by atoms with E-state index in [4.69, 9.17) is 14.5 Å². The molecule has 2 aliphatic rings.